The number of anilines is 2. The molecule has 4 amide bonds. The van der Waals surface area contributed by atoms with Crippen molar-refractivity contribution in [3.63, 3.8) is 0 Å². The average Bonchev–Trinajstić information content (AvgIpc) is 3.26. The number of urea groups is 2. The second kappa shape index (κ2) is 7.67. The molecule has 9 heteroatoms. The molecule has 1 saturated heterocycles. The second-order valence-electron chi connectivity index (χ2n) is 6.67. The summed E-state index contributed by atoms with van der Waals surface area (Å²) in [6.07, 6.45) is -1.98. The van der Waals surface area contributed by atoms with Crippen LogP contribution in [0.3, 0.4) is 0 Å². The SMILES string of the molecule is O=C1NC(/C=C/c2ccco2)(C(F)(F)F)N(c2ccccc2)C(=O)N1c1ccccc1. The van der Waals surface area contributed by atoms with Gasteiger partial charge in [0.2, 0.25) is 5.66 Å². The van der Waals surface area contributed by atoms with E-state index in [9.17, 15) is 22.8 Å². The summed E-state index contributed by atoms with van der Waals surface area (Å²) >= 11 is 0. The van der Waals surface area contributed by atoms with Crippen molar-refractivity contribution in [3.05, 3.63) is 90.9 Å². The van der Waals surface area contributed by atoms with Crippen molar-refractivity contribution in [1.82, 2.24) is 5.32 Å². The number of hydrogen-bond donors (Lipinski definition) is 1. The van der Waals surface area contributed by atoms with Crippen molar-refractivity contribution in [3.8, 4) is 0 Å². The molecular formula is C22H16F3N3O3. The molecule has 0 saturated carbocycles. The Hall–Kier alpha value is -4.01. The Balaban J connectivity index is 1.90. The van der Waals surface area contributed by atoms with E-state index >= 15 is 0 Å². The molecule has 2 aromatic carbocycles. The molecule has 0 aliphatic carbocycles. The predicted molar refractivity (Wildman–Crippen MR) is 108 cm³/mol. The van der Waals surface area contributed by atoms with Crippen LogP contribution in [0, 0.1) is 0 Å². The third-order valence-corrected chi connectivity index (χ3v) is 4.73. The Labute approximate surface area is 175 Å². The minimum absolute atomic E-state index is 0.0464. The van der Waals surface area contributed by atoms with Gasteiger partial charge >= 0.3 is 18.2 Å². The summed E-state index contributed by atoms with van der Waals surface area (Å²) in [6, 6.07) is 15.7. The van der Waals surface area contributed by atoms with Crippen LogP contribution in [0.5, 0.6) is 0 Å². The van der Waals surface area contributed by atoms with Crippen LogP contribution in [0.2, 0.25) is 0 Å². The highest BCUT2D eigenvalue weighted by Gasteiger charge is 2.64. The molecule has 0 bridgehead atoms. The molecule has 1 fully saturated rings. The summed E-state index contributed by atoms with van der Waals surface area (Å²) in [7, 11) is 0. The van der Waals surface area contributed by atoms with E-state index < -0.39 is 23.9 Å². The molecule has 0 radical (unpaired) electrons. The number of carbonyl (C=O) groups excluding carboxylic acids is 2. The number of furan rings is 1. The first kappa shape index (κ1) is 20.3. The number of carbonyl (C=O) groups is 2. The zero-order valence-corrected chi connectivity index (χ0v) is 15.9. The van der Waals surface area contributed by atoms with Gasteiger partial charge in [0.15, 0.2) is 0 Å². The summed E-state index contributed by atoms with van der Waals surface area (Å²) in [5, 5.41) is 2.00. The van der Waals surface area contributed by atoms with Crippen LogP contribution >= 0.6 is 0 Å². The smallest absolute Gasteiger partial charge is 0.435 e. The topological polar surface area (TPSA) is 65.8 Å². The highest BCUT2D eigenvalue weighted by molar-refractivity contribution is 6.22. The quantitative estimate of drug-likeness (QED) is 0.606. The lowest BCUT2D eigenvalue weighted by Crippen LogP contribution is -2.77. The predicted octanol–water partition coefficient (Wildman–Crippen LogP) is 5.41. The van der Waals surface area contributed by atoms with Gasteiger partial charge in [-0.1, -0.05) is 36.4 Å². The van der Waals surface area contributed by atoms with Crippen LogP contribution in [0.25, 0.3) is 6.08 Å². The van der Waals surface area contributed by atoms with Gasteiger partial charge in [-0.25, -0.2) is 14.5 Å². The van der Waals surface area contributed by atoms with E-state index in [4.69, 9.17) is 4.42 Å². The van der Waals surface area contributed by atoms with Crippen molar-refractivity contribution in [2.75, 3.05) is 9.80 Å². The fourth-order valence-corrected chi connectivity index (χ4v) is 3.31. The first-order valence-corrected chi connectivity index (χ1v) is 9.19. The zero-order valence-electron chi connectivity index (χ0n) is 15.9. The molecule has 31 heavy (non-hydrogen) atoms. The lowest BCUT2D eigenvalue weighted by Gasteiger charge is -2.48. The average molecular weight is 427 g/mol. The lowest BCUT2D eigenvalue weighted by atomic mass is 10.0. The number of para-hydroxylation sites is 2. The second-order valence-corrected chi connectivity index (χ2v) is 6.67. The van der Waals surface area contributed by atoms with Gasteiger partial charge in [-0.05, 0) is 48.6 Å². The Morgan fingerprint density at radius 2 is 1.48 bits per heavy atom. The zero-order chi connectivity index (χ0) is 22.1. The molecule has 3 aromatic rings. The molecule has 1 unspecified atom stereocenters. The van der Waals surface area contributed by atoms with Crippen molar-refractivity contribution in [1.29, 1.82) is 0 Å². The fraction of sp³-hybridized carbons (Fsp3) is 0.0909. The summed E-state index contributed by atoms with van der Waals surface area (Å²) < 4.78 is 48.7. The van der Waals surface area contributed by atoms with E-state index in [1.807, 2.05) is 5.32 Å². The third kappa shape index (κ3) is 3.54. The summed E-state index contributed by atoms with van der Waals surface area (Å²) in [5.74, 6) is 0.129. The van der Waals surface area contributed by atoms with Gasteiger partial charge in [0.05, 0.1) is 12.0 Å². The van der Waals surface area contributed by atoms with Crippen LogP contribution in [0.15, 0.2) is 89.6 Å². The standard InChI is InChI=1S/C22H16F3N3O3/c23-22(24,25)21(14-13-18-12-7-15-31-18)26-19(29)27(16-8-3-1-4-9-16)20(30)28(21)17-10-5-2-6-11-17/h1-15H,(H,26,29)/b14-13+. The highest BCUT2D eigenvalue weighted by Crippen LogP contribution is 2.41. The largest absolute Gasteiger partial charge is 0.465 e. The minimum atomic E-state index is -5.06. The van der Waals surface area contributed by atoms with E-state index in [2.05, 4.69) is 0 Å². The number of rotatable bonds is 4. The van der Waals surface area contributed by atoms with Crippen LogP contribution in [-0.4, -0.2) is 23.9 Å². The van der Waals surface area contributed by atoms with Crippen molar-refractivity contribution < 1.29 is 27.2 Å². The maximum absolute atomic E-state index is 14.5. The van der Waals surface area contributed by atoms with E-state index in [1.54, 1.807) is 24.3 Å². The molecule has 1 atom stereocenters. The van der Waals surface area contributed by atoms with Gasteiger partial charge in [0.1, 0.15) is 5.76 Å². The molecule has 1 aliphatic heterocycles. The Bertz CT molecular complexity index is 1100. The number of hydrogen-bond acceptors (Lipinski definition) is 3. The Morgan fingerprint density at radius 3 is 2.03 bits per heavy atom. The third-order valence-electron chi connectivity index (χ3n) is 4.73. The summed E-state index contributed by atoms with van der Waals surface area (Å²) in [4.78, 5) is 27.4. The van der Waals surface area contributed by atoms with Crippen molar-refractivity contribution >= 4 is 29.5 Å². The van der Waals surface area contributed by atoms with Gasteiger partial charge in [-0.15, -0.1) is 0 Å². The number of halogens is 3. The number of nitrogens with zero attached hydrogens (tertiary/aromatic N) is 2. The van der Waals surface area contributed by atoms with E-state index in [0.717, 1.165) is 6.08 Å². The van der Waals surface area contributed by atoms with Crippen molar-refractivity contribution in [2.24, 2.45) is 0 Å². The molecule has 158 valence electrons. The van der Waals surface area contributed by atoms with E-state index in [-0.39, 0.29) is 17.1 Å². The maximum atomic E-state index is 14.5. The van der Waals surface area contributed by atoms with E-state index in [1.165, 1.54) is 54.8 Å². The van der Waals surface area contributed by atoms with Crippen molar-refractivity contribution in [2.45, 2.75) is 11.8 Å². The van der Waals surface area contributed by atoms with Gasteiger partial charge in [-0.3, -0.25) is 4.90 Å². The normalized spacial score (nSPS) is 19.7. The summed E-state index contributed by atoms with van der Waals surface area (Å²) in [5.41, 5.74) is -3.05. The first-order chi connectivity index (χ1) is 14.8. The Morgan fingerprint density at radius 1 is 0.871 bits per heavy atom. The molecule has 0 spiro atoms. The van der Waals surface area contributed by atoms with Crippen LogP contribution in [-0.2, 0) is 0 Å². The molecule has 2 heterocycles. The number of amides is 4. The lowest BCUT2D eigenvalue weighted by molar-refractivity contribution is -0.176. The van der Waals surface area contributed by atoms with Crippen LogP contribution < -0.4 is 15.1 Å². The molecular weight excluding hydrogens is 411 g/mol. The highest BCUT2D eigenvalue weighted by atomic mass is 19.4. The molecule has 1 aliphatic rings. The molecule has 6 nitrogen and oxygen atoms in total. The first-order valence-electron chi connectivity index (χ1n) is 9.19. The number of alkyl halides is 3. The molecule has 4 rings (SSSR count). The fourth-order valence-electron chi connectivity index (χ4n) is 3.31. The maximum Gasteiger partial charge on any atom is 0.435 e. The number of benzene rings is 2. The van der Waals surface area contributed by atoms with Gasteiger partial charge in [0.25, 0.3) is 0 Å². The monoisotopic (exact) mass is 427 g/mol. The summed E-state index contributed by atoms with van der Waals surface area (Å²) in [6.45, 7) is 0. The van der Waals surface area contributed by atoms with Gasteiger partial charge < -0.3 is 9.73 Å². The molecule has 1 N–H and O–H groups in total. The Kier molecular flexibility index (Phi) is 5.02. The molecule has 1 aromatic heterocycles. The van der Waals surface area contributed by atoms with E-state index in [0.29, 0.717) is 15.9 Å². The van der Waals surface area contributed by atoms with Gasteiger partial charge in [0, 0.05) is 5.69 Å². The minimum Gasteiger partial charge on any atom is -0.465 e. The van der Waals surface area contributed by atoms with Crippen LogP contribution in [0.1, 0.15) is 5.76 Å². The number of nitrogens with one attached hydrogen (secondary N) is 1. The number of imide groups is 1. The van der Waals surface area contributed by atoms with Crippen LogP contribution in [0.4, 0.5) is 34.1 Å². The van der Waals surface area contributed by atoms with Gasteiger partial charge in [-0.2, -0.15) is 13.2 Å².